The molecule has 0 radical (unpaired) electrons. The first-order chi connectivity index (χ1) is 11.6. The van der Waals surface area contributed by atoms with Crippen molar-refractivity contribution in [1.29, 1.82) is 0 Å². The van der Waals surface area contributed by atoms with E-state index in [9.17, 15) is 4.79 Å². The summed E-state index contributed by atoms with van der Waals surface area (Å²) in [6.45, 7) is 3.47. The van der Waals surface area contributed by atoms with Gasteiger partial charge in [0.25, 0.3) is 5.91 Å². The lowest BCUT2D eigenvalue weighted by Crippen LogP contribution is -2.39. The standard InChI is InChI=1S/C18H24N4O2/c1-4-15-11-16(24-20-15)18(23)22-9-5-6-14(12-22)13-7-8-19-17(10-13)21(2)3/h7-8,10-11,14H,4-6,9,12H2,1-3H3/t14-/m0/s1. The maximum absolute atomic E-state index is 12.7. The van der Waals surface area contributed by atoms with Crippen LogP contribution < -0.4 is 4.90 Å². The lowest BCUT2D eigenvalue weighted by molar-refractivity contribution is 0.0665. The summed E-state index contributed by atoms with van der Waals surface area (Å²) in [4.78, 5) is 20.9. The Bertz CT molecular complexity index is 711. The fourth-order valence-corrected chi connectivity index (χ4v) is 3.10. The minimum atomic E-state index is -0.0613. The first kappa shape index (κ1) is 16.5. The highest BCUT2D eigenvalue weighted by molar-refractivity contribution is 5.91. The van der Waals surface area contributed by atoms with E-state index in [4.69, 9.17) is 4.52 Å². The van der Waals surface area contributed by atoms with Crippen LogP contribution >= 0.6 is 0 Å². The Kier molecular flexibility index (Phi) is 4.83. The fraction of sp³-hybridized carbons (Fsp3) is 0.500. The predicted octanol–water partition coefficient (Wildman–Crippen LogP) is 2.72. The van der Waals surface area contributed by atoms with Gasteiger partial charge in [-0.15, -0.1) is 0 Å². The lowest BCUT2D eigenvalue weighted by Gasteiger charge is -2.32. The molecule has 6 nitrogen and oxygen atoms in total. The number of likely N-dealkylation sites (tertiary alicyclic amines) is 1. The summed E-state index contributed by atoms with van der Waals surface area (Å²) in [5.41, 5.74) is 2.05. The van der Waals surface area contributed by atoms with Crippen LogP contribution in [0.2, 0.25) is 0 Å². The fourth-order valence-electron chi connectivity index (χ4n) is 3.10. The number of rotatable bonds is 4. The Hall–Kier alpha value is -2.37. The van der Waals surface area contributed by atoms with Gasteiger partial charge in [-0.05, 0) is 37.0 Å². The topological polar surface area (TPSA) is 62.5 Å². The van der Waals surface area contributed by atoms with Crippen molar-refractivity contribution in [3.8, 4) is 0 Å². The number of aryl methyl sites for hydroxylation is 1. The van der Waals surface area contributed by atoms with Crippen LogP contribution in [0.15, 0.2) is 28.9 Å². The first-order valence-corrected chi connectivity index (χ1v) is 8.46. The second-order valence-corrected chi connectivity index (χ2v) is 6.47. The van der Waals surface area contributed by atoms with Crippen molar-refractivity contribution in [1.82, 2.24) is 15.0 Å². The molecule has 2 aromatic heterocycles. The van der Waals surface area contributed by atoms with E-state index in [-0.39, 0.29) is 5.91 Å². The third-order valence-electron chi connectivity index (χ3n) is 4.54. The Morgan fingerprint density at radius 2 is 2.25 bits per heavy atom. The second kappa shape index (κ2) is 7.03. The number of pyridine rings is 1. The van der Waals surface area contributed by atoms with E-state index in [1.807, 2.05) is 37.0 Å². The van der Waals surface area contributed by atoms with E-state index in [0.29, 0.717) is 18.2 Å². The van der Waals surface area contributed by atoms with Gasteiger partial charge >= 0.3 is 0 Å². The molecule has 1 aliphatic rings. The van der Waals surface area contributed by atoms with E-state index in [2.05, 4.69) is 22.3 Å². The van der Waals surface area contributed by atoms with Gasteiger partial charge in [0.05, 0.1) is 5.69 Å². The van der Waals surface area contributed by atoms with Gasteiger partial charge in [0.2, 0.25) is 5.76 Å². The highest BCUT2D eigenvalue weighted by Gasteiger charge is 2.27. The molecule has 0 unspecified atom stereocenters. The van der Waals surface area contributed by atoms with Gasteiger partial charge in [-0.3, -0.25) is 4.79 Å². The molecule has 2 aromatic rings. The average molecular weight is 328 g/mol. The molecular weight excluding hydrogens is 304 g/mol. The summed E-state index contributed by atoms with van der Waals surface area (Å²) in [7, 11) is 3.97. The van der Waals surface area contributed by atoms with Crippen LogP contribution in [0.3, 0.4) is 0 Å². The Morgan fingerprint density at radius 1 is 1.42 bits per heavy atom. The number of hydrogen-bond donors (Lipinski definition) is 0. The molecule has 0 N–H and O–H groups in total. The second-order valence-electron chi connectivity index (χ2n) is 6.47. The Morgan fingerprint density at radius 3 is 2.96 bits per heavy atom. The molecule has 1 amide bonds. The van der Waals surface area contributed by atoms with Crippen LogP contribution in [0.4, 0.5) is 5.82 Å². The number of aromatic nitrogens is 2. The van der Waals surface area contributed by atoms with Crippen molar-refractivity contribution in [2.24, 2.45) is 0 Å². The van der Waals surface area contributed by atoms with Gasteiger partial charge in [0.15, 0.2) is 0 Å². The molecule has 0 aromatic carbocycles. The molecule has 0 aliphatic carbocycles. The number of anilines is 1. The molecule has 1 atom stereocenters. The number of nitrogens with zero attached hydrogens (tertiary/aromatic N) is 4. The molecule has 128 valence electrons. The monoisotopic (exact) mass is 328 g/mol. The van der Waals surface area contributed by atoms with E-state index < -0.39 is 0 Å². The van der Waals surface area contributed by atoms with Crippen molar-refractivity contribution in [2.45, 2.75) is 32.1 Å². The lowest BCUT2D eigenvalue weighted by atomic mass is 9.91. The summed E-state index contributed by atoms with van der Waals surface area (Å²) in [5, 5.41) is 3.92. The average Bonchev–Trinajstić information content (AvgIpc) is 3.10. The van der Waals surface area contributed by atoms with Gasteiger partial charge in [0.1, 0.15) is 5.82 Å². The Balaban J connectivity index is 1.74. The predicted molar refractivity (Wildman–Crippen MR) is 92.3 cm³/mol. The van der Waals surface area contributed by atoms with Gasteiger partial charge in [-0.25, -0.2) is 4.98 Å². The van der Waals surface area contributed by atoms with Gasteiger partial charge in [0, 0.05) is 45.4 Å². The van der Waals surface area contributed by atoms with Crippen molar-refractivity contribution in [3.63, 3.8) is 0 Å². The van der Waals surface area contributed by atoms with Crippen LogP contribution in [0, 0.1) is 0 Å². The van der Waals surface area contributed by atoms with Crippen molar-refractivity contribution in [3.05, 3.63) is 41.4 Å². The summed E-state index contributed by atoms with van der Waals surface area (Å²) < 4.78 is 5.20. The normalized spacial score (nSPS) is 17.8. The minimum absolute atomic E-state index is 0.0613. The SMILES string of the molecule is CCc1cc(C(=O)N2CCC[C@H](c3ccnc(N(C)C)c3)C2)on1. The van der Waals surface area contributed by atoms with E-state index in [0.717, 1.165) is 37.3 Å². The molecule has 3 heterocycles. The van der Waals surface area contributed by atoms with Crippen molar-refractivity contribution >= 4 is 11.7 Å². The molecule has 1 aliphatic heterocycles. The minimum Gasteiger partial charge on any atom is -0.363 e. The van der Waals surface area contributed by atoms with Crippen LogP contribution in [0.25, 0.3) is 0 Å². The number of amides is 1. The molecule has 0 spiro atoms. The number of hydrogen-bond acceptors (Lipinski definition) is 5. The van der Waals surface area contributed by atoms with Gasteiger partial charge in [-0.1, -0.05) is 12.1 Å². The zero-order chi connectivity index (χ0) is 17.1. The maximum atomic E-state index is 12.7. The first-order valence-electron chi connectivity index (χ1n) is 8.46. The molecule has 24 heavy (non-hydrogen) atoms. The third-order valence-corrected chi connectivity index (χ3v) is 4.54. The number of carbonyl (C=O) groups excluding carboxylic acids is 1. The largest absolute Gasteiger partial charge is 0.363 e. The molecular formula is C18H24N4O2. The van der Waals surface area contributed by atoms with Gasteiger partial charge in [-0.2, -0.15) is 0 Å². The maximum Gasteiger partial charge on any atom is 0.292 e. The molecule has 3 rings (SSSR count). The summed E-state index contributed by atoms with van der Waals surface area (Å²) >= 11 is 0. The number of carbonyl (C=O) groups is 1. The third kappa shape index (κ3) is 3.42. The summed E-state index contributed by atoms with van der Waals surface area (Å²) in [6.07, 6.45) is 4.68. The molecule has 0 bridgehead atoms. The summed E-state index contributed by atoms with van der Waals surface area (Å²) in [5.74, 6) is 1.56. The van der Waals surface area contributed by atoms with E-state index in [1.54, 1.807) is 6.07 Å². The van der Waals surface area contributed by atoms with Crippen molar-refractivity contribution < 1.29 is 9.32 Å². The van der Waals surface area contributed by atoms with Crippen LogP contribution in [-0.2, 0) is 6.42 Å². The van der Waals surface area contributed by atoms with Crippen LogP contribution in [-0.4, -0.2) is 48.1 Å². The highest BCUT2D eigenvalue weighted by atomic mass is 16.5. The molecule has 6 heteroatoms. The van der Waals surface area contributed by atoms with Gasteiger partial charge < -0.3 is 14.3 Å². The van der Waals surface area contributed by atoms with Crippen LogP contribution in [0.5, 0.6) is 0 Å². The van der Waals surface area contributed by atoms with E-state index in [1.165, 1.54) is 5.56 Å². The van der Waals surface area contributed by atoms with E-state index >= 15 is 0 Å². The zero-order valence-corrected chi connectivity index (χ0v) is 14.5. The molecule has 1 saturated heterocycles. The molecule has 1 fully saturated rings. The number of piperidine rings is 1. The Labute approximate surface area is 142 Å². The van der Waals surface area contributed by atoms with Crippen molar-refractivity contribution in [2.75, 3.05) is 32.1 Å². The quantitative estimate of drug-likeness (QED) is 0.863. The zero-order valence-electron chi connectivity index (χ0n) is 14.5. The smallest absolute Gasteiger partial charge is 0.292 e. The molecule has 0 saturated carbocycles. The highest BCUT2D eigenvalue weighted by Crippen LogP contribution is 2.29. The van der Waals surface area contributed by atoms with Crippen LogP contribution in [0.1, 0.15) is 47.5 Å². The summed E-state index contributed by atoms with van der Waals surface area (Å²) in [6, 6.07) is 5.92.